The first-order chi connectivity index (χ1) is 9.47. The van der Waals surface area contributed by atoms with Gasteiger partial charge in [-0.15, -0.1) is 0 Å². The van der Waals surface area contributed by atoms with Crippen LogP contribution >= 0.6 is 0 Å². The van der Waals surface area contributed by atoms with E-state index >= 15 is 0 Å². The first-order valence-electron chi connectivity index (χ1n) is 6.84. The molecule has 4 nitrogen and oxygen atoms in total. The van der Waals surface area contributed by atoms with Crippen LogP contribution in [-0.2, 0) is 0 Å². The smallest absolute Gasteiger partial charge is 0.354 e. The van der Waals surface area contributed by atoms with Crippen molar-refractivity contribution in [1.82, 2.24) is 4.98 Å². The third kappa shape index (κ3) is 2.33. The average molecular weight is 270 g/mol. The van der Waals surface area contributed by atoms with Crippen LogP contribution in [0.5, 0.6) is 0 Å². The van der Waals surface area contributed by atoms with Gasteiger partial charge in [0.25, 0.3) is 0 Å². The van der Waals surface area contributed by atoms with E-state index in [-0.39, 0.29) is 5.69 Å². The van der Waals surface area contributed by atoms with Crippen LogP contribution in [0.2, 0.25) is 0 Å². The Bertz CT molecular complexity index is 679. The first-order valence-corrected chi connectivity index (χ1v) is 6.84. The molecule has 0 saturated heterocycles. The Hall–Kier alpha value is -2.10. The van der Waals surface area contributed by atoms with E-state index in [1.54, 1.807) is 6.07 Å². The highest BCUT2D eigenvalue weighted by molar-refractivity contribution is 5.97. The molecule has 0 radical (unpaired) electrons. The van der Waals surface area contributed by atoms with Gasteiger partial charge in [-0.1, -0.05) is 38.1 Å². The van der Waals surface area contributed by atoms with E-state index in [2.05, 4.69) is 24.1 Å². The topological polar surface area (TPSA) is 62.2 Å². The van der Waals surface area contributed by atoms with Crippen molar-refractivity contribution in [2.45, 2.75) is 20.3 Å². The number of carboxylic acids is 1. The molecule has 1 fully saturated rings. The molecule has 0 amide bonds. The highest BCUT2D eigenvalue weighted by atomic mass is 16.4. The van der Waals surface area contributed by atoms with Gasteiger partial charge in [0.15, 0.2) is 5.69 Å². The standard InChI is InChI=1S/C16H18N2O2/c1-16(2)8-11(16)9-17-14-12-6-4-3-5-10(12)7-13(18-14)15(19)20/h3-7,11H,8-9H2,1-2H3,(H,17,18)(H,19,20). The second-order valence-corrected chi connectivity index (χ2v) is 6.15. The second-order valence-electron chi connectivity index (χ2n) is 6.15. The van der Waals surface area contributed by atoms with Gasteiger partial charge in [0, 0.05) is 11.9 Å². The predicted octanol–water partition coefficient (Wildman–Crippen LogP) is 3.39. The fourth-order valence-electron chi connectivity index (χ4n) is 2.59. The van der Waals surface area contributed by atoms with Crippen molar-refractivity contribution >= 4 is 22.6 Å². The summed E-state index contributed by atoms with van der Waals surface area (Å²) in [7, 11) is 0. The predicted molar refractivity (Wildman–Crippen MR) is 79.1 cm³/mol. The number of nitrogens with one attached hydrogen (secondary N) is 1. The number of carboxylic acid groups (broad SMARTS) is 1. The fraction of sp³-hybridized carbons (Fsp3) is 0.375. The van der Waals surface area contributed by atoms with E-state index < -0.39 is 5.97 Å². The lowest BCUT2D eigenvalue weighted by atomic mass is 10.1. The summed E-state index contributed by atoms with van der Waals surface area (Å²) in [5.74, 6) is 0.310. The van der Waals surface area contributed by atoms with Crippen LogP contribution in [0, 0.1) is 11.3 Å². The highest BCUT2D eigenvalue weighted by Crippen LogP contribution is 2.51. The van der Waals surface area contributed by atoms with E-state index in [1.807, 2.05) is 24.3 Å². The number of hydrogen-bond acceptors (Lipinski definition) is 3. The molecule has 20 heavy (non-hydrogen) atoms. The molecular weight excluding hydrogens is 252 g/mol. The zero-order valence-electron chi connectivity index (χ0n) is 11.7. The summed E-state index contributed by atoms with van der Waals surface area (Å²) < 4.78 is 0. The van der Waals surface area contributed by atoms with E-state index in [0.717, 1.165) is 17.3 Å². The Morgan fingerprint density at radius 3 is 2.80 bits per heavy atom. The third-order valence-corrected chi connectivity index (χ3v) is 4.19. The summed E-state index contributed by atoms with van der Waals surface area (Å²) in [6.45, 7) is 5.34. The molecule has 2 aromatic rings. The summed E-state index contributed by atoms with van der Waals surface area (Å²) in [5.41, 5.74) is 0.481. The third-order valence-electron chi connectivity index (χ3n) is 4.19. The number of fused-ring (bicyclic) bond motifs is 1. The Morgan fingerprint density at radius 2 is 2.15 bits per heavy atom. The van der Waals surface area contributed by atoms with Gasteiger partial charge >= 0.3 is 5.97 Å². The van der Waals surface area contributed by atoms with Crippen molar-refractivity contribution in [3.8, 4) is 0 Å². The monoisotopic (exact) mass is 270 g/mol. The number of aromatic carboxylic acids is 1. The highest BCUT2D eigenvalue weighted by Gasteiger charge is 2.45. The van der Waals surface area contributed by atoms with Crippen molar-refractivity contribution in [2.75, 3.05) is 11.9 Å². The molecule has 1 aliphatic carbocycles. The summed E-state index contributed by atoms with van der Waals surface area (Å²) in [4.78, 5) is 15.4. The molecule has 0 aliphatic heterocycles. The zero-order valence-corrected chi connectivity index (χ0v) is 11.7. The molecule has 1 aromatic carbocycles. The number of carbonyl (C=O) groups is 1. The van der Waals surface area contributed by atoms with Gasteiger partial charge in [-0.05, 0) is 29.2 Å². The molecular formula is C16H18N2O2. The number of pyridine rings is 1. The fourth-order valence-corrected chi connectivity index (χ4v) is 2.59. The lowest BCUT2D eigenvalue weighted by Gasteiger charge is -2.11. The van der Waals surface area contributed by atoms with Crippen molar-refractivity contribution in [3.63, 3.8) is 0 Å². The maximum atomic E-state index is 11.2. The Kier molecular flexibility index (Phi) is 2.89. The molecule has 0 spiro atoms. The molecule has 1 unspecified atom stereocenters. The zero-order chi connectivity index (χ0) is 14.3. The molecule has 1 atom stereocenters. The molecule has 2 N–H and O–H groups in total. The Morgan fingerprint density at radius 1 is 1.45 bits per heavy atom. The minimum atomic E-state index is -0.995. The van der Waals surface area contributed by atoms with E-state index in [1.165, 1.54) is 6.42 Å². The van der Waals surface area contributed by atoms with Crippen LogP contribution in [0.25, 0.3) is 10.8 Å². The van der Waals surface area contributed by atoms with Crippen molar-refractivity contribution in [3.05, 3.63) is 36.0 Å². The van der Waals surface area contributed by atoms with Gasteiger partial charge in [-0.2, -0.15) is 0 Å². The first kappa shape index (κ1) is 12.9. The number of anilines is 1. The molecule has 4 heteroatoms. The maximum absolute atomic E-state index is 11.2. The molecule has 1 aliphatic rings. The average Bonchev–Trinajstić information content (AvgIpc) is 3.03. The summed E-state index contributed by atoms with van der Waals surface area (Å²) >= 11 is 0. The van der Waals surface area contributed by atoms with Crippen LogP contribution in [0.1, 0.15) is 30.8 Å². The minimum absolute atomic E-state index is 0.0845. The normalized spacial score (nSPS) is 19.8. The Labute approximate surface area is 117 Å². The molecule has 104 valence electrons. The molecule has 1 aromatic heterocycles. The Balaban J connectivity index is 1.93. The second kappa shape index (κ2) is 4.47. The van der Waals surface area contributed by atoms with Crippen LogP contribution in [-0.4, -0.2) is 22.6 Å². The van der Waals surface area contributed by atoms with Crippen molar-refractivity contribution in [1.29, 1.82) is 0 Å². The largest absolute Gasteiger partial charge is 0.477 e. The van der Waals surface area contributed by atoms with Crippen molar-refractivity contribution < 1.29 is 9.90 Å². The van der Waals surface area contributed by atoms with Gasteiger partial charge < -0.3 is 10.4 Å². The SMILES string of the molecule is CC1(C)CC1CNc1nc(C(=O)O)cc2ccccc12. The molecule has 1 saturated carbocycles. The molecule has 1 heterocycles. The lowest BCUT2D eigenvalue weighted by Crippen LogP contribution is -2.11. The van der Waals surface area contributed by atoms with E-state index in [9.17, 15) is 4.79 Å². The van der Waals surface area contributed by atoms with Gasteiger partial charge in [-0.3, -0.25) is 0 Å². The van der Waals surface area contributed by atoms with Crippen LogP contribution < -0.4 is 5.32 Å². The van der Waals surface area contributed by atoms with Crippen LogP contribution in [0.15, 0.2) is 30.3 Å². The molecule has 3 rings (SSSR count). The summed E-state index contributed by atoms with van der Waals surface area (Å²) in [6, 6.07) is 9.34. The van der Waals surface area contributed by atoms with Gasteiger partial charge in [-0.25, -0.2) is 9.78 Å². The van der Waals surface area contributed by atoms with Gasteiger partial charge in [0.2, 0.25) is 0 Å². The molecule has 0 bridgehead atoms. The number of rotatable bonds is 4. The number of benzene rings is 1. The van der Waals surface area contributed by atoms with Crippen LogP contribution in [0.3, 0.4) is 0 Å². The van der Waals surface area contributed by atoms with Crippen molar-refractivity contribution in [2.24, 2.45) is 11.3 Å². The lowest BCUT2D eigenvalue weighted by molar-refractivity contribution is 0.0691. The number of aromatic nitrogens is 1. The number of hydrogen-bond donors (Lipinski definition) is 2. The summed E-state index contributed by atoms with van der Waals surface area (Å²) in [5, 5.41) is 14.3. The van der Waals surface area contributed by atoms with Crippen LogP contribution in [0.4, 0.5) is 5.82 Å². The quantitative estimate of drug-likeness (QED) is 0.894. The summed E-state index contributed by atoms with van der Waals surface area (Å²) in [6.07, 6.45) is 1.20. The minimum Gasteiger partial charge on any atom is -0.477 e. The number of nitrogens with zero attached hydrogens (tertiary/aromatic N) is 1. The van der Waals surface area contributed by atoms with Gasteiger partial charge in [0.05, 0.1) is 0 Å². The maximum Gasteiger partial charge on any atom is 0.354 e. The van der Waals surface area contributed by atoms with Gasteiger partial charge in [0.1, 0.15) is 5.82 Å². The van der Waals surface area contributed by atoms with E-state index in [0.29, 0.717) is 17.2 Å². The van der Waals surface area contributed by atoms with E-state index in [4.69, 9.17) is 5.11 Å².